The number of unbranched alkanes of at least 4 members (excludes halogenated alkanes) is 1. The highest BCUT2D eigenvalue weighted by atomic mass is 35.5. The fourth-order valence-corrected chi connectivity index (χ4v) is 3.81. The molecule has 0 heterocycles. The van der Waals surface area contributed by atoms with Crippen LogP contribution in [0.4, 0.5) is 0 Å². The molecule has 0 aliphatic carbocycles. The van der Waals surface area contributed by atoms with Gasteiger partial charge in [0.25, 0.3) is 0 Å². The van der Waals surface area contributed by atoms with Gasteiger partial charge >= 0.3 is 0 Å². The highest BCUT2D eigenvalue weighted by molar-refractivity contribution is 7.89. The molecule has 0 radical (unpaired) electrons. The number of benzene rings is 1. The zero-order chi connectivity index (χ0) is 15.2. The first kappa shape index (κ1) is 17.8. The summed E-state index contributed by atoms with van der Waals surface area (Å²) in [7, 11) is -3.61. The Morgan fingerprint density at radius 1 is 1.25 bits per heavy atom. The van der Waals surface area contributed by atoms with E-state index in [1.54, 1.807) is 6.07 Å². The standard InChI is InChI=1S/C14H21Cl2NO2S/c1-3-5-6-11(4-2)10-17-20(18,19)14-9-12(15)7-8-13(14)16/h7-9,11,17H,3-6,10H2,1-2H3/t11-/m0/s1. The van der Waals surface area contributed by atoms with Gasteiger partial charge < -0.3 is 0 Å². The Bertz CT molecular complexity index is 532. The molecule has 6 heteroatoms. The molecule has 0 unspecified atom stereocenters. The lowest BCUT2D eigenvalue weighted by Gasteiger charge is -2.16. The smallest absolute Gasteiger partial charge is 0.211 e. The van der Waals surface area contributed by atoms with E-state index >= 15 is 0 Å². The normalized spacial score (nSPS) is 13.4. The van der Waals surface area contributed by atoms with Crippen molar-refractivity contribution in [2.24, 2.45) is 5.92 Å². The summed E-state index contributed by atoms with van der Waals surface area (Å²) in [4.78, 5) is 0.0389. The van der Waals surface area contributed by atoms with Crippen LogP contribution in [0.15, 0.2) is 23.1 Å². The van der Waals surface area contributed by atoms with Crippen LogP contribution in [-0.2, 0) is 10.0 Å². The highest BCUT2D eigenvalue weighted by Gasteiger charge is 2.19. The van der Waals surface area contributed by atoms with Gasteiger partial charge in [0.2, 0.25) is 10.0 Å². The van der Waals surface area contributed by atoms with Crippen molar-refractivity contribution in [3.8, 4) is 0 Å². The van der Waals surface area contributed by atoms with Gasteiger partial charge in [0.05, 0.1) is 5.02 Å². The quantitative estimate of drug-likeness (QED) is 0.759. The Hall–Kier alpha value is -0.290. The molecule has 1 rings (SSSR count). The molecule has 1 atom stereocenters. The summed E-state index contributed by atoms with van der Waals surface area (Å²) in [6.45, 7) is 4.63. The summed E-state index contributed by atoms with van der Waals surface area (Å²) < 4.78 is 27.1. The van der Waals surface area contributed by atoms with Crippen molar-refractivity contribution in [2.45, 2.75) is 44.4 Å². The van der Waals surface area contributed by atoms with E-state index in [9.17, 15) is 8.42 Å². The third kappa shape index (κ3) is 5.24. The molecule has 20 heavy (non-hydrogen) atoms. The van der Waals surface area contributed by atoms with Crippen LogP contribution in [0.25, 0.3) is 0 Å². The van der Waals surface area contributed by atoms with Crippen LogP contribution in [0.5, 0.6) is 0 Å². The first-order chi connectivity index (χ1) is 9.40. The van der Waals surface area contributed by atoms with Crippen LogP contribution >= 0.6 is 23.2 Å². The second kappa shape index (κ2) is 8.23. The molecule has 0 bridgehead atoms. The summed E-state index contributed by atoms with van der Waals surface area (Å²) in [5.41, 5.74) is 0. The van der Waals surface area contributed by atoms with E-state index in [2.05, 4.69) is 18.6 Å². The molecule has 0 aromatic heterocycles. The van der Waals surface area contributed by atoms with E-state index in [0.717, 1.165) is 25.7 Å². The minimum atomic E-state index is -3.61. The molecule has 0 fully saturated rings. The molecular weight excluding hydrogens is 317 g/mol. The number of rotatable bonds is 8. The minimum absolute atomic E-state index is 0.0389. The minimum Gasteiger partial charge on any atom is -0.211 e. The largest absolute Gasteiger partial charge is 0.242 e. The average Bonchev–Trinajstić information content (AvgIpc) is 2.41. The summed E-state index contributed by atoms with van der Waals surface area (Å²) in [5, 5.41) is 0.538. The van der Waals surface area contributed by atoms with Crippen molar-refractivity contribution >= 4 is 33.2 Å². The third-order valence-electron chi connectivity index (χ3n) is 3.29. The summed E-state index contributed by atoms with van der Waals surface area (Å²) in [6.07, 6.45) is 4.20. The Labute approximate surface area is 131 Å². The van der Waals surface area contributed by atoms with Crippen molar-refractivity contribution in [3.05, 3.63) is 28.2 Å². The first-order valence-corrected chi connectivity index (χ1v) is 9.09. The molecule has 1 N–H and O–H groups in total. The molecular formula is C14H21Cl2NO2S. The van der Waals surface area contributed by atoms with Crippen molar-refractivity contribution in [1.29, 1.82) is 0 Å². The van der Waals surface area contributed by atoms with Crippen LogP contribution in [-0.4, -0.2) is 15.0 Å². The lowest BCUT2D eigenvalue weighted by atomic mass is 10.00. The Morgan fingerprint density at radius 3 is 2.55 bits per heavy atom. The average molecular weight is 338 g/mol. The van der Waals surface area contributed by atoms with Gasteiger partial charge in [-0.05, 0) is 30.5 Å². The monoisotopic (exact) mass is 337 g/mol. The van der Waals surface area contributed by atoms with Gasteiger partial charge in [-0.15, -0.1) is 0 Å². The van der Waals surface area contributed by atoms with Gasteiger partial charge in [-0.25, -0.2) is 13.1 Å². The van der Waals surface area contributed by atoms with E-state index in [1.807, 2.05) is 0 Å². The molecule has 0 saturated carbocycles. The zero-order valence-electron chi connectivity index (χ0n) is 11.8. The van der Waals surface area contributed by atoms with Crippen molar-refractivity contribution < 1.29 is 8.42 Å². The molecule has 0 aliphatic heterocycles. The lowest BCUT2D eigenvalue weighted by molar-refractivity contribution is 0.444. The summed E-state index contributed by atoms with van der Waals surface area (Å²) in [5.74, 6) is 0.350. The number of hydrogen-bond acceptors (Lipinski definition) is 2. The van der Waals surface area contributed by atoms with Crippen LogP contribution in [0.1, 0.15) is 39.5 Å². The van der Waals surface area contributed by atoms with Gasteiger partial charge in [0, 0.05) is 11.6 Å². The SMILES string of the molecule is CCCC[C@H](CC)CNS(=O)(=O)c1cc(Cl)ccc1Cl. The van der Waals surface area contributed by atoms with Crippen LogP contribution in [0.3, 0.4) is 0 Å². The molecule has 0 spiro atoms. The zero-order valence-corrected chi connectivity index (χ0v) is 14.2. The Morgan fingerprint density at radius 2 is 1.95 bits per heavy atom. The van der Waals surface area contributed by atoms with E-state index in [0.29, 0.717) is 17.5 Å². The Balaban J connectivity index is 2.76. The lowest BCUT2D eigenvalue weighted by Crippen LogP contribution is -2.29. The predicted octanol–water partition coefficient (Wildman–Crippen LogP) is 4.49. The van der Waals surface area contributed by atoms with Crippen LogP contribution in [0, 0.1) is 5.92 Å². The fourth-order valence-electron chi connectivity index (χ4n) is 1.93. The van der Waals surface area contributed by atoms with Gasteiger partial charge in [0.15, 0.2) is 0 Å². The molecule has 1 aromatic rings. The van der Waals surface area contributed by atoms with Gasteiger partial charge in [0.1, 0.15) is 4.90 Å². The van der Waals surface area contributed by atoms with Crippen LogP contribution in [0.2, 0.25) is 10.0 Å². The van der Waals surface area contributed by atoms with Gasteiger partial charge in [-0.3, -0.25) is 0 Å². The molecule has 0 saturated heterocycles. The summed E-state index contributed by atoms with van der Waals surface area (Å²) in [6, 6.07) is 4.44. The maximum Gasteiger partial charge on any atom is 0.242 e. The van der Waals surface area contributed by atoms with E-state index < -0.39 is 10.0 Å². The number of hydrogen-bond donors (Lipinski definition) is 1. The number of halogens is 2. The van der Waals surface area contributed by atoms with E-state index in [-0.39, 0.29) is 9.92 Å². The molecule has 3 nitrogen and oxygen atoms in total. The van der Waals surface area contributed by atoms with Crippen molar-refractivity contribution in [1.82, 2.24) is 4.72 Å². The van der Waals surface area contributed by atoms with Crippen molar-refractivity contribution in [3.63, 3.8) is 0 Å². The fraction of sp³-hybridized carbons (Fsp3) is 0.571. The van der Waals surface area contributed by atoms with Crippen LogP contribution < -0.4 is 4.72 Å². The predicted molar refractivity (Wildman–Crippen MR) is 85.0 cm³/mol. The topological polar surface area (TPSA) is 46.2 Å². The number of sulfonamides is 1. The van der Waals surface area contributed by atoms with E-state index in [1.165, 1.54) is 12.1 Å². The van der Waals surface area contributed by atoms with Crippen molar-refractivity contribution in [2.75, 3.05) is 6.54 Å². The molecule has 1 aromatic carbocycles. The van der Waals surface area contributed by atoms with E-state index in [4.69, 9.17) is 23.2 Å². The third-order valence-corrected chi connectivity index (χ3v) is 5.43. The molecule has 0 amide bonds. The molecule has 114 valence electrons. The maximum atomic E-state index is 12.2. The second-order valence-electron chi connectivity index (χ2n) is 4.84. The maximum absolute atomic E-state index is 12.2. The first-order valence-electron chi connectivity index (χ1n) is 6.85. The van der Waals surface area contributed by atoms with Gasteiger partial charge in [-0.2, -0.15) is 0 Å². The summed E-state index contributed by atoms with van der Waals surface area (Å²) >= 11 is 11.8. The molecule has 0 aliphatic rings. The number of nitrogens with one attached hydrogen (secondary N) is 1. The highest BCUT2D eigenvalue weighted by Crippen LogP contribution is 2.25. The Kier molecular flexibility index (Phi) is 7.30. The second-order valence-corrected chi connectivity index (χ2v) is 7.42. The van der Waals surface area contributed by atoms with Gasteiger partial charge in [-0.1, -0.05) is 56.3 Å².